The van der Waals surface area contributed by atoms with Crippen LogP contribution in [0.15, 0.2) is 30.3 Å². The van der Waals surface area contributed by atoms with Gasteiger partial charge in [0, 0.05) is 13.5 Å². The first-order valence-electron chi connectivity index (χ1n) is 12.0. The Hall–Kier alpha value is -3.14. The Morgan fingerprint density at radius 3 is 2.21 bits per heavy atom. The monoisotopic (exact) mass is 540 g/mol. The average Bonchev–Trinajstić information content (AvgIpc) is 2.90. The summed E-state index contributed by atoms with van der Waals surface area (Å²) in [5.74, 6) is -3.52. The van der Waals surface area contributed by atoms with E-state index in [0.29, 0.717) is 5.56 Å². The predicted octanol–water partition coefficient (Wildman–Crippen LogP) is -3.07. The van der Waals surface area contributed by atoms with Crippen LogP contribution in [0.2, 0.25) is 0 Å². The van der Waals surface area contributed by atoms with Crippen molar-refractivity contribution in [2.24, 2.45) is 5.73 Å². The third-order valence-electron chi connectivity index (χ3n) is 6.17. The number of rotatable bonds is 12. The molecule has 1 aliphatic heterocycles. The van der Waals surface area contributed by atoms with Gasteiger partial charge in [0.2, 0.25) is 17.7 Å². The highest BCUT2D eigenvalue weighted by Gasteiger charge is 2.46. The number of carbonyl (C=O) groups is 4. The molecule has 0 aliphatic carbocycles. The number of hydrogen-bond acceptors (Lipinski definition) is 10. The number of carbonyl (C=O) groups excluding carboxylic acids is 3. The number of benzene rings is 1. The summed E-state index contributed by atoms with van der Waals surface area (Å²) in [4.78, 5) is 51.3. The second-order valence-electron chi connectivity index (χ2n) is 9.01. The van der Waals surface area contributed by atoms with Crippen LogP contribution in [0.1, 0.15) is 19.4 Å². The quantitative estimate of drug-likeness (QED) is 0.141. The van der Waals surface area contributed by atoms with E-state index in [0.717, 1.165) is 4.90 Å². The molecular weight excluding hydrogens is 504 g/mol. The minimum absolute atomic E-state index is 0.0655. The van der Waals surface area contributed by atoms with E-state index in [-0.39, 0.29) is 6.42 Å². The van der Waals surface area contributed by atoms with Crippen molar-refractivity contribution in [3.63, 3.8) is 0 Å². The standard InChI is InChI=1S/C24H36N4O10/c1-12(26-17(29)10-25)22(34)28(11-16-18(30)19(31)20(32)24(37-3)38-16)15(9-14-7-5-4-6-8-14)21(33)27-13(2)23(35)36/h4-8,12-13,15-16,18-20,24,30-32H,9-11,25H2,1-3H3,(H,26,29)(H,27,33)(H,35,36)/t12-,13+,15-,16-,18-,19+,20-,24+/m1/s1. The largest absolute Gasteiger partial charge is 0.480 e. The van der Waals surface area contributed by atoms with Crippen LogP contribution in [0.25, 0.3) is 0 Å². The minimum atomic E-state index is -1.70. The highest BCUT2D eigenvalue weighted by Crippen LogP contribution is 2.24. The van der Waals surface area contributed by atoms with E-state index in [2.05, 4.69) is 10.6 Å². The lowest BCUT2D eigenvalue weighted by Gasteiger charge is -2.43. The van der Waals surface area contributed by atoms with E-state index in [1.807, 2.05) is 0 Å². The predicted molar refractivity (Wildman–Crippen MR) is 131 cm³/mol. The van der Waals surface area contributed by atoms with E-state index in [1.54, 1.807) is 30.3 Å². The topological polar surface area (TPSA) is 221 Å². The molecule has 0 unspecified atom stereocenters. The van der Waals surface area contributed by atoms with Crippen LogP contribution in [-0.4, -0.2) is 118 Å². The van der Waals surface area contributed by atoms with Gasteiger partial charge in [0.1, 0.15) is 42.5 Å². The molecule has 38 heavy (non-hydrogen) atoms. The smallest absolute Gasteiger partial charge is 0.325 e. The Morgan fingerprint density at radius 1 is 1.03 bits per heavy atom. The van der Waals surface area contributed by atoms with E-state index < -0.39 is 85.6 Å². The zero-order valence-corrected chi connectivity index (χ0v) is 21.4. The van der Waals surface area contributed by atoms with Gasteiger partial charge in [-0.3, -0.25) is 19.2 Å². The first-order chi connectivity index (χ1) is 17.9. The molecule has 2 rings (SSSR count). The van der Waals surface area contributed by atoms with E-state index in [9.17, 15) is 39.6 Å². The molecule has 1 aromatic rings. The molecule has 1 aliphatic rings. The van der Waals surface area contributed by atoms with Gasteiger partial charge in [0.05, 0.1) is 13.1 Å². The Labute approximate surface area is 219 Å². The number of carboxylic acids is 1. The summed E-state index contributed by atoms with van der Waals surface area (Å²) in [5, 5.41) is 45.1. The first kappa shape index (κ1) is 31.1. The zero-order valence-electron chi connectivity index (χ0n) is 21.4. The summed E-state index contributed by atoms with van der Waals surface area (Å²) in [6.07, 6.45) is -7.71. The SMILES string of the molecule is CO[C@H]1O[C@H](CN(C(=O)[C@@H](C)NC(=O)CN)[C@H](Cc2ccccc2)C(=O)N[C@@H](C)C(=O)O)[C@@H](O)[C@H](O)[C@H]1O. The summed E-state index contributed by atoms with van der Waals surface area (Å²) in [6, 6.07) is 4.80. The van der Waals surface area contributed by atoms with Crippen LogP contribution >= 0.6 is 0 Å². The molecule has 14 heteroatoms. The summed E-state index contributed by atoms with van der Waals surface area (Å²) < 4.78 is 10.6. The van der Waals surface area contributed by atoms with Crippen LogP contribution in [0, 0.1) is 0 Å². The molecule has 0 radical (unpaired) electrons. The van der Waals surface area contributed by atoms with Crippen LogP contribution in [0.5, 0.6) is 0 Å². The van der Waals surface area contributed by atoms with Crippen molar-refractivity contribution in [1.29, 1.82) is 0 Å². The number of methoxy groups -OCH3 is 1. The number of ether oxygens (including phenoxy) is 2. The molecular formula is C24H36N4O10. The fraction of sp³-hybridized carbons (Fsp3) is 0.583. The maximum atomic E-state index is 13.6. The molecule has 8 atom stereocenters. The second kappa shape index (κ2) is 14.1. The number of nitrogens with two attached hydrogens (primary N) is 1. The Balaban J connectivity index is 2.50. The molecule has 0 saturated carbocycles. The Kier molecular flexibility index (Phi) is 11.6. The molecule has 3 amide bonds. The molecule has 0 aromatic heterocycles. The van der Waals surface area contributed by atoms with Crippen LogP contribution in [0.3, 0.4) is 0 Å². The number of nitrogens with one attached hydrogen (secondary N) is 2. The van der Waals surface area contributed by atoms with Crippen molar-refractivity contribution >= 4 is 23.7 Å². The maximum Gasteiger partial charge on any atom is 0.325 e. The number of carboxylic acid groups (broad SMARTS) is 1. The van der Waals surface area contributed by atoms with Crippen molar-refractivity contribution in [3.05, 3.63) is 35.9 Å². The number of aliphatic carboxylic acids is 1. The van der Waals surface area contributed by atoms with E-state index in [4.69, 9.17) is 15.2 Å². The van der Waals surface area contributed by atoms with Crippen molar-refractivity contribution < 1.29 is 49.1 Å². The normalized spacial score (nSPS) is 25.5. The average molecular weight is 541 g/mol. The molecule has 212 valence electrons. The molecule has 1 fully saturated rings. The van der Waals surface area contributed by atoms with Gasteiger partial charge in [-0.15, -0.1) is 0 Å². The zero-order chi connectivity index (χ0) is 28.6. The Bertz CT molecular complexity index is 963. The number of hydrogen-bond donors (Lipinski definition) is 7. The second-order valence-corrected chi connectivity index (χ2v) is 9.01. The lowest BCUT2D eigenvalue weighted by Crippen LogP contribution is -2.64. The number of nitrogens with zero attached hydrogens (tertiary/aromatic N) is 1. The summed E-state index contributed by atoms with van der Waals surface area (Å²) in [7, 11) is 1.21. The highest BCUT2D eigenvalue weighted by molar-refractivity contribution is 5.93. The highest BCUT2D eigenvalue weighted by atomic mass is 16.7. The van der Waals surface area contributed by atoms with Crippen LogP contribution in [-0.2, 0) is 35.1 Å². The molecule has 1 aromatic carbocycles. The van der Waals surface area contributed by atoms with Gasteiger partial charge in [-0.05, 0) is 19.4 Å². The van der Waals surface area contributed by atoms with Gasteiger partial charge in [-0.25, -0.2) is 0 Å². The number of aliphatic hydroxyl groups is 3. The van der Waals surface area contributed by atoms with Gasteiger partial charge < -0.3 is 51.2 Å². The summed E-state index contributed by atoms with van der Waals surface area (Å²) in [5.41, 5.74) is 5.97. The van der Waals surface area contributed by atoms with Crippen molar-refractivity contribution in [1.82, 2.24) is 15.5 Å². The van der Waals surface area contributed by atoms with Crippen molar-refractivity contribution in [3.8, 4) is 0 Å². The van der Waals surface area contributed by atoms with Gasteiger partial charge in [0.15, 0.2) is 6.29 Å². The lowest BCUT2D eigenvalue weighted by atomic mass is 9.96. The molecule has 0 spiro atoms. The fourth-order valence-corrected chi connectivity index (χ4v) is 3.99. The van der Waals surface area contributed by atoms with Crippen molar-refractivity contribution in [2.45, 2.75) is 69.1 Å². The van der Waals surface area contributed by atoms with Crippen LogP contribution < -0.4 is 16.4 Å². The molecule has 8 N–H and O–H groups in total. The minimum Gasteiger partial charge on any atom is -0.480 e. The third kappa shape index (κ3) is 7.93. The van der Waals surface area contributed by atoms with E-state index in [1.165, 1.54) is 21.0 Å². The molecule has 1 heterocycles. The summed E-state index contributed by atoms with van der Waals surface area (Å²) in [6.45, 7) is 1.74. The number of amides is 3. The fourth-order valence-electron chi connectivity index (χ4n) is 3.99. The third-order valence-corrected chi connectivity index (χ3v) is 6.17. The van der Waals surface area contributed by atoms with Crippen LogP contribution in [0.4, 0.5) is 0 Å². The van der Waals surface area contributed by atoms with E-state index >= 15 is 0 Å². The van der Waals surface area contributed by atoms with Gasteiger partial charge in [-0.1, -0.05) is 30.3 Å². The first-order valence-corrected chi connectivity index (χ1v) is 12.0. The van der Waals surface area contributed by atoms with Crippen molar-refractivity contribution in [2.75, 3.05) is 20.2 Å². The maximum absolute atomic E-state index is 13.6. The Morgan fingerprint density at radius 2 is 1.66 bits per heavy atom. The number of aliphatic hydroxyl groups excluding tert-OH is 3. The van der Waals surface area contributed by atoms with Gasteiger partial charge in [-0.2, -0.15) is 0 Å². The molecule has 1 saturated heterocycles. The molecule has 14 nitrogen and oxygen atoms in total. The van der Waals surface area contributed by atoms with Gasteiger partial charge >= 0.3 is 5.97 Å². The molecule has 0 bridgehead atoms. The summed E-state index contributed by atoms with van der Waals surface area (Å²) >= 11 is 0. The lowest BCUT2D eigenvalue weighted by molar-refractivity contribution is -0.291. The van der Waals surface area contributed by atoms with Gasteiger partial charge in [0.25, 0.3) is 0 Å².